The van der Waals surface area contributed by atoms with Crippen molar-refractivity contribution < 1.29 is 24.2 Å². The van der Waals surface area contributed by atoms with E-state index in [1.54, 1.807) is 29.7 Å². The zero-order valence-electron chi connectivity index (χ0n) is 25.3. The van der Waals surface area contributed by atoms with Crippen molar-refractivity contribution in [2.24, 2.45) is 5.92 Å². The molecule has 0 radical (unpaired) electrons. The second-order valence-electron chi connectivity index (χ2n) is 11.3. The third kappa shape index (κ3) is 5.19. The lowest BCUT2D eigenvalue weighted by Crippen LogP contribution is -2.29. The van der Waals surface area contributed by atoms with E-state index in [2.05, 4.69) is 18.8 Å². The minimum atomic E-state index is -0.978. The number of fused-ring (bicyclic) bond motifs is 2. The number of hydrogen-bond acceptors (Lipinski definition) is 8. The molecule has 1 N–H and O–H groups in total. The Bertz CT molecular complexity index is 1940. The van der Waals surface area contributed by atoms with Crippen LogP contribution in [0, 0.1) is 19.8 Å². The summed E-state index contributed by atoms with van der Waals surface area (Å²) in [5, 5.41) is 12.3. The van der Waals surface area contributed by atoms with Crippen molar-refractivity contribution in [2.45, 2.75) is 47.1 Å². The molecule has 0 spiro atoms. The minimum absolute atomic E-state index is 0.0462. The van der Waals surface area contributed by atoms with Crippen LogP contribution in [0.15, 0.2) is 66.4 Å². The molecule has 6 rings (SSSR count). The highest BCUT2D eigenvalue weighted by Gasteiger charge is 2.49. The fourth-order valence-corrected chi connectivity index (χ4v) is 6.57. The highest BCUT2D eigenvalue weighted by molar-refractivity contribution is 7.22. The largest absolute Gasteiger partial charge is 0.505 e. The lowest BCUT2D eigenvalue weighted by atomic mass is 9.96. The number of aliphatic hydroxyl groups excluding tert-OH is 1. The average molecular weight is 611 g/mol. The van der Waals surface area contributed by atoms with Gasteiger partial charge >= 0.3 is 5.91 Å². The number of aromatic nitrogens is 3. The average Bonchev–Trinajstić information content (AvgIpc) is 3.63. The van der Waals surface area contributed by atoms with E-state index >= 15 is 0 Å². The van der Waals surface area contributed by atoms with Gasteiger partial charge in [0.15, 0.2) is 22.4 Å². The Kier molecular flexibility index (Phi) is 7.85. The highest BCUT2D eigenvalue weighted by Crippen LogP contribution is 2.46. The Morgan fingerprint density at radius 3 is 2.61 bits per heavy atom. The number of nitrogens with zero attached hydrogens (tertiary/aromatic N) is 4. The molecular weight excluding hydrogens is 576 g/mol. The number of benzene rings is 2. The molecule has 9 nitrogen and oxygen atoms in total. The number of amides is 1. The molecule has 3 aromatic heterocycles. The first-order chi connectivity index (χ1) is 21.2. The molecule has 1 saturated heterocycles. The molecule has 0 saturated carbocycles. The molecule has 44 heavy (non-hydrogen) atoms. The number of Topliss-reactive ketones (excluding diaryl/α,β-unsaturated/α-hetero) is 1. The Balaban J connectivity index is 1.55. The predicted molar refractivity (Wildman–Crippen MR) is 172 cm³/mol. The summed E-state index contributed by atoms with van der Waals surface area (Å²) in [5.41, 5.74) is 3.80. The van der Waals surface area contributed by atoms with Gasteiger partial charge in [-0.2, -0.15) is 0 Å². The molecule has 1 atom stereocenters. The third-order valence-corrected chi connectivity index (χ3v) is 8.67. The lowest BCUT2D eigenvalue weighted by molar-refractivity contribution is -0.132. The number of ketones is 1. The molecule has 0 aliphatic carbocycles. The van der Waals surface area contributed by atoms with E-state index in [0.717, 1.165) is 22.2 Å². The van der Waals surface area contributed by atoms with Crippen molar-refractivity contribution in [2.75, 3.05) is 18.1 Å². The summed E-state index contributed by atoms with van der Waals surface area (Å²) in [6.45, 7) is 10.8. The summed E-state index contributed by atoms with van der Waals surface area (Å²) in [6.07, 6.45) is 2.64. The van der Waals surface area contributed by atoms with Gasteiger partial charge in [-0.3, -0.25) is 18.9 Å². The molecule has 1 aliphatic rings. The smallest absolute Gasteiger partial charge is 0.301 e. The highest BCUT2D eigenvalue weighted by atomic mass is 32.1. The summed E-state index contributed by atoms with van der Waals surface area (Å²) in [4.78, 5) is 38.5. The van der Waals surface area contributed by atoms with E-state index in [-0.39, 0.29) is 11.3 Å². The van der Waals surface area contributed by atoms with Crippen molar-refractivity contribution in [1.29, 1.82) is 0 Å². The van der Waals surface area contributed by atoms with Gasteiger partial charge in [0, 0.05) is 6.20 Å². The summed E-state index contributed by atoms with van der Waals surface area (Å²) in [5.74, 6) is -0.339. The van der Waals surface area contributed by atoms with Gasteiger partial charge in [-0.15, -0.1) is 0 Å². The summed E-state index contributed by atoms with van der Waals surface area (Å²) in [6, 6.07) is 15.7. The van der Waals surface area contributed by atoms with Crippen molar-refractivity contribution in [3.8, 4) is 11.5 Å². The van der Waals surface area contributed by atoms with Crippen LogP contribution in [0.3, 0.4) is 0 Å². The zero-order valence-corrected chi connectivity index (χ0v) is 26.1. The van der Waals surface area contributed by atoms with E-state index in [1.165, 1.54) is 16.2 Å². The maximum Gasteiger partial charge on any atom is 0.301 e. The number of aliphatic hydroxyl groups is 1. The molecule has 1 amide bonds. The predicted octanol–water partition coefficient (Wildman–Crippen LogP) is 7.01. The van der Waals surface area contributed by atoms with E-state index in [4.69, 9.17) is 14.5 Å². The first-order valence-corrected chi connectivity index (χ1v) is 15.5. The number of thiazole rings is 1. The van der Waals surface area contributed by atoms with Crippen LogP contribution in [0.5, 0.6) is 11.5 Å². The Morgan fingerprint density at radius 1 is 1.02 bits per heavy atom. The van der Waals surface area contributed by atoms with Crippen LogP contribution in [-0.4, -0.2) is 44.4 Å². The van der Waals surface area contributed by atoms with Crippen molar-refractivity contribution in [3.63, 3.8) is 0 Å². The number of imidazole rings is 1. The van der Waals surface area contributed by atoms with Crippen molar-refractivity contribution >= 4 is 49.8 Å². The minimum Gasteiger partial charge on any atom is -0.505 e. The van der Waals surface area contributed by atoms with Gasteiger partial charge in [0.1, 0.15) is 11.3 Å². The van der Waals surface area contributed by atoms with E-state index in [1.807, 2.05) is 56.3 Å². The number of carbonyl (C=O) groups is 2. The number of aryl methyl sites for hydroxylation is 2. The summed E-state index contributed by atoms with van der Waals surface area (Å²) >= 11 is 1.33. The van der Waals surface area contributed by atoms with Crippen LogP contribution in [0.1, 0.15) is 55.7 Å². The lowest BCUT2D eigenvalue weighted by Gasteiger charge is -2.24. The van der Waals surface area contributed by atoms with E-state index in [0.29, 0.717) is 58.4 Å². The normalized spacial score (nSPS) is 16.5. The number of ether oxygens (including phenoxy) is 2. The molecule has 226 valence electrons. The van der Waals surface area contributed by atoms with Crippen LogP contribution < -0.4 is 14.4 Å². The first-order valence-electron chi connectivity index (χ1n) is 14.7. The molecule has 1 unspecified atom stereocenters. The number of carbonyl (C=O) groups excluding carboxylic acids is 2. The van der Waals surface area contributed by atoms with Gasteiger partial charge in [-0.05, 0) is 80.6 Å². The van der Waals surface area contributed by atoms with E-state index < -0.39 is 17.7 Å². The Morgan fingerprint density at radius 2 is 1.84 bits per heavy atom. The Labute approximate surface area is 259 Å². The zero-order chi connectivity index (χ0) is 31.1. The maximum absolute atomic E-state index is 13.9. The van der Waals surface area contributed by atoms with Crippen LogP contribution in [0.2, 0.25) is 0 Å². The molecular formula is C34H34N4O5S. The van der Waals surface area contributed by atoms with Crippen LogP contribution in [0.4, 0.5) is 5.13 Å². The van der Waals surface area contributed by atoms with Gasteiger partial charge in [0.05, 0.1) is 40.7 Å². The van der Waals surface area contributed by atoms with Crippen molar-refractivity contribution in [3.05, 3.63) is 88.9 Å². The van der Waals surface area contributed by atoms with Crippen LogP contribution in [-0.2, 0) is 9.59 Å². The second-order valence-corrected chi connectivity index (χ2v) is 12.3. The SMILES string of the molecule is CCOc1cc(C2/C(=C(\O)c3c(C)nc4ccccn34)C(=O)C(=O)N2c2nc3ccc(C)cc3s2)ccc1OCCC(C)C. The number of hydrogen-bond donors (Lipinski definition) is 1. The van der Waals surface area contributed by atoms with Crippen LogP contribution >= 0.6 is 11.3 Å². The van der Waals surface area contributed by atoms with Gasteiger partial charge in [0.25, 0.3) is 5.78 Å². The molecule has 0 bridgehead atoms. The third-order valence-electron chi connectivity index (χ3n) is 7.65. The standard InChI is InChI=1S/C34H34N4O5S/c1-6-42-25-18-22(11-13-24(25)43-16-14-19(2)3)30-28(31(39)29-21(5)35-27-9-7-8-15-37(27)29)32(40)33(41)38(30)34-36-23-12-10-20(4)17-26(23)44-34/h7-13,15,17-19,30,39H,6,14,16H2,1-5H3/b31-28+. The van der Waals surface area contributed by atoms with Crippen molar-refractivity contribution in [1.82, 2.24) is 14.4 Å². The number of rotatable bonds is 9. The fraction of sp³-hybridized carbons (Fsp3) is 0.294. The molecule has 1 fully saturated rings. The van der Waals surface area contributed by atoms with E-state index in [9.17, 15) is 14.7 Å². The number of anilines is 1. The summed E-state index contributed by atoms with van der Waals surface area (Å²) < 4.78 is 14.6. The molecule has 4 heterocycles. The van der Waals surface area contributed by atoms with Gasteiger partial charge in [0.2, 0.25) is 0 Å². The molecule has 1 aliphatic heterocycles. The number of pyridine rings is 1. The Hall–Kier alpha value is -4.70. The quantitative estimate of drug-likeness (QED) is 0.109. The van der Waals surface area contributed by atoms with Gasteiger partial charge < -0.3 is 14.6 Å². The van der Waals surface area contributed by atoms with Gasteiger partial charge in [-0.25, -0.2) is 9.97 Å². The molecule has 5 aromatic rings. The van der Waals surface area contributed by atoms with Gasteiger partial charge in [-0.1, -0.05) is 43.4 Å². The first kappa shape index (κ1) is 29.4. The molecule has 10 heteroatoms. The fourth-order valence-electron chi connectivity index (χ4n) is 5.48. The van der Waals surface area contributed by atoms with Crippen LogP contribution in [0.25, 0.3) is 21.6 Å². The monoisotopic (exact) mass is 610 g/mol. The maximum atomic E-state index is 13.9. The second kappa shape index (κ2) is 11.8. The summed E-state index contributed by atoms with van der Waals surface area (Å²) in [7, 11) is 0. The molecule has 2 aromatic carbocycles. The topological polar surface area (TPSA) is 106 Å².